The van der Waals surface area contributed by atoms with Crippen LogP contribution in [0.15, 0.2) is 41.3 Å². The van der Waals surface area contributed by atoms with E-state index in [-0.39, 0.29) is 17.4 Å². The molecule has 1 aliphatic heterocycles. The number of fused-ring (bicyclic) bond motifs is 1. The Morgan fingerprint density at radius 1 is 1.14 bits per heavy atom. The highest BCUT2D eigenvalue weighted by Crippen LogP contribution is 2.37. The second-order valence-corrected chi connectivity index (χ2v) is 6.05. The second kappa shape index (κ2) is 6.04. The van der Waals surface area contributed by atoms with Gasteiger partial charge in [0, 0.05) is 16.7 Å². The van der Waals surface area contributed by atoms with Gasteiger partial charge in [0.15, 0.2) is 0 Å². The molecule has 0 spiro atoms. The van der Waals surface area contributed by atoms with Gasteiger partial charge in [0.1, 0.15) is 17.5 Å². The first-order valence-electron chi connectivity index (χ1n) is 6.73. The van der Waals surface area contributed by atoms with Crippen molar-refractivity contribution in [3.8, 4) is 0 Å². The van der Waals surface area contributed by atoms with Crippen LogP contribution in [0.2, 0.25) is 0 Å². The third kappa shape index (κ3) is 2.83. The molecule has 0 aliphatic carbocycles. The topological polar surface area (TPSA) is 29.1 Å². The number of amides is 1. The zero-order valence-corrected chi connectivity index (χ0v) is 12.2. The lowest BCUT2D eigenvalue weighted by Gasteiger charge is -2.26. The van der Waals surface area contributed by atoms with Crippen molar-refractivity contribution in [2.45, 2.75) is 17.4 Å². The first-order valence-corrected chi connectivity index (χ1v) is 7.72. The number of thioether (sulfide) groups is 1. The number of hydrogen-bond acceptors (Lipinski definition) is 2. The van der Waals surface area contributed by atoms with Gasteiger partial charge in [0.05, 0.1) is 11.6 Å². The summed E-state index contributed by atoms with van der Waals surface area (Å²) < 4.78 is 40.3. The van der Waals surface area contributed by atoms with Crippen LogP contribution in [0.25, 0.3) is 0 Å². The molecule has 0 bridgehead atoms. The van der Waals surface area contributed by atoms with E-state index in [4.69, 9.17) is 0 Å². The van der Waals surface area contributed by atoms with Gasteiger partial charge in [-0.05, 0) is 30.2 Å². The molecular formula is C16H12F3NOS. The van der Waals surface area contributed by atoms with Gasteiger partial charge in [-0.25, -0.2) is 13.2 Å². The number of rotatable bonds is 2. The first-order chi connectivity index (χ1) is 10.6. The zero-order valence-electron chi connectivity index (χ0n) is 11.4. The summed E-state index contributed by atoms with van der Waals surface area (Å²) >= 11 is 1.40. The van der Waals surface area contributed by atoms with Gasteiger partial charge in [-0.2, -0.15) is 0 Å². The molecule has 1 unspecified atom stereocenters. The molecule has 1 N–H and O–H groups in total. The Bertz CT molecular complexity index is 735. The maximum atomic E-state index is 13.8. The Kier molecular flexibility index (Phi) is 4.11. The predicted octanol–water partition coefficient (Wildman–Crippen LogP) is 4.07. The van der Waals surface area contributed by atoms with Crippen molar-refractivity contribution in [1.82, 2.24) is 5.32 Å². The Morgan fingerprint density at radius 2 is 1.95 bits per heavy atom. The lowest BCUT2D eigenvalue weighted by molar-refractivity contribution is 0.0930. The van der Waals surface area contributed by atoms with E-state index in [1.807, 2.05) is 0 Å². The number of carbonyl (C=O) groups is 1. The summed E-state index contributed by atoms with van der Waals surface area (Å²) in [5.41, 5.74) is 0.463. The molecule has 1 aliphatic rings. The minimum Gasteiger partial charge on any atom is -0.345 e. The highest BCUT2D eigenvalue weighted by atomic mass is 32.2. The number of carbonyl (C=O) groups excluding carboxylic acids is 1. The Hall–Kier alpha value is -1.95. The Labute approximate surface area is 129 Å². The van der Waals surface area contributed by atoms with E-state index in [1.165, 1.54) is 17.8 Å². The monoisotopic (exact) mass is 323 g/mol. The Balaban J connectivity index is 1.85. The normalized spacial score (nSPS) is 17.0. The number of benzene rings is 2. The van der Waals surface area contributed by atoms with E-state index in [9.17, 15) is 18.0 Å². The molecule has 2 nitrogen and oxygen atoms in total. The number of halogens is 3. The molecule has 2 aromatic rings. The molecule has 0 saturated heterocycles. The maximum Gasteiger partial charge on any atom is 0.254 e. The van der Waals surface area contributed by atoms with Crippen molar-refractivity contribution in [2.24, 2.45) is 0 Å². The van der Waals surface area contributed by atoms with E-state index in [0.717, 1.165) is 12.1 Å². The second-order valence-electron chi connectivity index (χ2n) is 4.95. The fourth-order valence-electron chi connectivity index (χ4n) is 2.45. The molecule has 0 fully saturated rings. The molecule has 0 saturated carbocycles. The molecule has 1 heterocycles. The average Bonchev–Trinajstić information content (AvgIpc) is 2.48. The van der Waals surface area contributed by atoms with Crippen LogP contribution >= 0.6 is 11.8 Å². The number of hydrogen-bond donors (Lipinski definition) is 1. The van der Waals surface area contributed by atoms with Crippen LogP contribution < -0.4 is 5.32 Å². The van der Waals surface area contributed by atoms with Gasteiger partial charge in [-0.1, -0.05) is 12.1 Å². The minimum absolute atomic E-state index is 0.224. The van der Waals surface area contributed by atoms with Crippen molar-refractivity contribution in [2.75, 3.05) is 5.75 Å². The van der Waals surface area contributed by atoms with Gasteiger partial charge in [-0.3, -0.25) is 4.79 Å². The van der Waals surface area contributed by atoms with E-state index in [1.54, 1.807) is 12.1 Å². The lowest BCUT2D eigenvalue weighted by atomic mass is 10.0. The molecule has 1 amide bonds. The molecule has 0 aromatic heterocycles. The van der Waals surface area contributed by atoms with Gasteiger partial charge < -0.3 is 5.32 Å². The summed E-state index contributed by atoms with van der Waals surface area (Å²) in [6.07, 6.45) is 0.621. The summed E-state index contributed by atoms with van der Waals surface area (Å²) in [7, 11) is 0. The third-order valence-corrected chi connectivity index (χ3v) is 4.67. The molecule has 2 aromatic carbocycles. The average molecular weight is 323 g/mol. The summed E-state index contributed by atoms with van der Waals surface area (Å²) in [6, 6.07) is 7.11. The van der Waals surface area contributed by atoms with Crippen LogP contribution in [0, 0.1) is 17.5 Å². The van der Waals surface area contributed by atoms with Gasteiger partial charge >= 0.3 is 0 Å². The summed E-state index contributed by atoms with van der Waals surface area (Å²) in [6.45, 7) is 0. The van der Waals surface area contributed by atoms with Crippen molar-refractivity contribution in [3.05, 3.63) is 65.0 Å². The number of nitrogens with one attached hydrogen (secondary N) is 1. The predicted molar refractivity (Wildman–Crippen MR) is 78.3 cm³/mol. The van der Waals surface area contributed by atoms with Crippen molar-refractivity contribution in [1.29, 1.82) is 0 Å². The largest absolute Gasteiger partial charge is 0.345 e. The summed E-state index contributed by atoms with van der Waals surface area (Å²) in [5, 5.41) is 2.70. The highest BCUT2D eigenvalue weighted by Gasteiger charge is 2.25. The molecule has 1 atom stereocenters. The van der Waals surface area contributed by atoms with E-state index >= 15 is 0 Å². The molecule has 6 heteroatoms. The van der Waals surface area contributed by atoms with E-state index in [0.29, 0.717) is 28.7 Å². The van der Waals surface area contributed by atoms with Crippen molar-refractivity contribution in [3.63, 3.8) is 0 Å². The fourth-order valence-corrected chi connectivity index (χ4v) is 3.59. The Morgan fingerprint density at radius 3 is 2.73 bits per heavy atom. The molecular weight excluding hydrogens is 311 g/mol. The minimum atomic E-state index is -0.915. The SMILES string of the molecule is O=C(NC1CCSc2c(F)cccc21)c1ccc(F)cc1F. The van der Waals surface area contributed by atoms with Crippen LogP contribution in [0.4, 0.5) is 13.2 Å². The molecule has 114 valence electrons. The molecule has 22 heavy (non-hydrogen) atoms. The van der Waals surface area contributed by atoms with Gasteiger partial charge in [0.25, 0.3) is 5.91 Å². The lowest BCUT2D eigenvalue weighted by Crippen LogP contribution is -2.31. The summed E-state index contributed by atoms with van der Waals surface area (Å²) in [5.74, 6) is -1.96. The zero-order chi connectivity index (χ0) is 15.7. The van der Waals surface area contributed by atoms with E-state index in [2.05, 4.69) is 5.32 Å². The van der Waals surface area contributed by atoms with E-state index < -0.39 is 17.5 Å². The summed E-state index contributed by atoms with van der Waals surface area (Å²) in [4.78, 5) is 12.7. The highest BCUT2D eigenvalue weighted by molar-refractivity contribution is 7.99. The van der Waals surface area contributed by atoms with Crippen LogP contribution in [-0.4, -0.2) is 11.7 Å². The van der Waals surface area contributed by atoms with Crippen LogP contribution in [-0.2, 0) is 0 Å². The molecule has 3 rings (SSSR count). The quantitative estimate of drug-likeness (QED) is 0.902. The third-order valence-electron chi connectivity index (χ3n) is 3.51. The van der Waals surface area contributed by atoms with Gasteiger partial charge in [-0.15, -0.1) is 11.8 Å². The van der Waals surface area contributed by atoms with Crippen molar-refractivity contribution >= 4 is 17.7 Å². The van der Waals surface area contributed by atoms with Crippen LogP contribution in [0.1, 0.15) is 28.4 Å². The smallest absolute Gasteiger partial charge is 0.254 e. The van der Waals surface area contributed by atoms with Crippen molar-refractivity contribution < 1.29 is 18.0 Å². The van der Waals surface area contributed by atoms with Crippen LogP contribution in [0.3, 0.4) is 0 Å². The maximum absolute atomic E-state index is 13.8. The van der Waals surface area contributed by atoms with Gasteiger partial charge in [0.2, 0.25) is 0 Å². The fraction of sp³-hybridized carbons (Fsp3) is 0.188. The van der Waals surface area contributed by atoms with Crippen LogP contribution in [0.5, 0.6) is 0 Å². The standard InChI is InChI=1S/C16H12F3NOS/c17-9-4-5-10(13(19)8-9)16(21)20-14-6-7-22-15-11(14)2-1-3-12(15)18/h1-5,8,14H,6-7H2,(H,20,21). The first kappa shape index (κ1) is 15.0. The molecule has 0 radical (unpaired) electrons.